The van der Waals surface area contributed by atoms with Crippen molar-refractivity contribution in [3.05, 3.63) is 35.2 Å². The Labute approximate surface area is 138 Å². The van der Waals surface area contributed by atoms with Crippen molar-refractivity contribution in [3.8, 4) is 0 Å². The number of carbonyl (C=O) groups is 2. The Balaban J connectivity index is 1.48. The lowest BCUT2D eigenvalue weighted by atomic mass is 10.2. The minimum atomic E-state index is -0.0787. The summed E-state index contributed by atoms with van der Waals surface area (Å²) in [5.74, 6) is 0.154. The van der Waals surface area contributed by atoms with Gasteiger partial charge in [-0.05, 0) is 37.8 Å². The smallest absolute Gasteiger partial charge is 0.261 e. The largest absolute Gasteiger partial charge is 0.351 e. The second-order valence-corrected chi connectivity index (χ2v) is 6.85. The number of thiophene rings is 1. The van der Waals surface area contributed by atoms with Crippen LogP contribution in [0.1, 0.15) is 34.5 Å². The molecular weight excluding hydrogens is 312 g/mol. The average molecular weight is 332 g/mol. The molecule has 0 aliphatic heterocycles. The van der Waals surface area contributed by atoms with Gasteiger partial charge in [0.05, 0.1) is 16.2 Å². The number of anilines is 1. The van der Waals surface area contributed by atoms with E-state index in [1.165, 1.54) is 11.3 Å². The molecule has 0 saturated heterocycles. The molecule has 0 aromatic carbocycles. The van der Waals surface area contributed by atoms with E-state index in [0.717, 1.165) is 36.4 Å². The van der Waals surface area contributed by atoms with E-state index in [9.17, 15) is 9.59 Å². The van der Waals surface area contributed by atoms with E-state index >= 15 is 0 Å². The van der Waals surface area contributed by atoms with Crippen LogP contribution in [0.3, 0.4) is 0 Å². The van der Waals surface area contributed by atoms with Crippen LogP contribution >= 0.6 is 11.3 Å². The number of nitrogens with zero attached hydrogens (tertiary/aromatic N) is 2. The summed E-state index contributed by atoms with van der Waals surface area (Å²) in [7, 11) is 0. The molecule has 1 aliphatic carbocycles. The molecule has 3 rings (SSSR count). The molecule has 2 amide bonds. The van der Waals surface area contributed by atoms with Crippen LogP contribution in [0.25, 0.3) is 0 Å². The standard InChI is InChI=1S/C16H20N4O2S/c1-11-9-13(19-15(21)12-3-4-12)23-14(11)16(22)18-5-2-7-20-8-6-17-10-20/h6,8-10,12H,2-5,7H2,1H3,(H,18,22)(H,19,21). The number of aryl methyl sites for hydroxylation is 2. The molecule has 23 heavy (non-hydrogen) atoms. The molecule has 2 heterocycles. The van der Waals surface area contributed by atoms with Crippen molar-refractivity contribution < 1.29 is 9.59 Å². The number of carbonyl (C=O) groups excluding carboxylic acids is 2. The molecule has 1 aliphatic rings. The highest BCUT2D eigenvalue weighted by atomic mass is 32.1. The first-order valence-electron chi connectivity index (χ1n) is 7.78. The summed E-state index contributed by atoms with van der Waals surface area (Å²) < 4.78 is 1.98. The number of aromatic nitrogens is 2. The molecule has 2 aromatic rings. The maximum atomic E-state index is 12.2. The Morgan fingerprint density at radius 1 is 1.43 bits per heavy atom. The van der Waals surface area contributed by atoms with Crippen molar-refractivity contribution in [2.75, 3.05) is 11.9 Å². The van der Waals surface area contributed by atoms with Crippen LogP contribution in [0.15, 0.2) is 24.8 Å². The predicted octanol–water partition coefficient (Wildman–Crippen LogP) is 2.42. The molecule has 0 bridgehead atoms. The average Bonchev–Trinajstić information content (AvgIpc) is 3.14. The quantitative estimate of drug-likeness (QED) is 0.765. The van der Waals surface area contributed by atoms with Gasteiger partial charge in [-0.25, -0.2) is 4.98 Å². The minimum Gasteiger partial charge on any atom is -0.351 e. The zero-order valence-corrected chi connectivity index (χ0v) is 13.9. The Bertz CT molecular complexity index is 689. The van der Waals surface area contributed by atoms with Crippen molar-refractivity contribution in [2.24, 2.45) is 5.92 Å². The van der Waals surface area contributed by atoms with E-state index in [4.69, 9.17) is 0 Å². The zero-order valence-electron chi connectivity index (χ0n) is 13.0. The highest BCUT2D eigenvalue weighted by Crippen LogP contribution is 2.32. The monoisotopic (exact) mass is 332 g/mol. The van der Waals surface area contributed by atoms with E-state index in [0.29, 0.717) is 11.4 Å². The zero-order chi connectivity index (χ0) is 16.2. The first-order valence-corrected chi connectivity index (χ1v) is 8.60. The van der Waals surface area contributed by atoms with Gasteiger partial charge < -0.3 is 15.2 Å². The third-order valence-corrected chi connectivity index (χ3v) is 4.91. The number of amides is 2. The first kappa shape index (κ1) is 15.7. The van der Waals surface area contributed by atoms with Crippen LogP contribution in [-0.4, -0.2) is 27.9 Å². The van der Waals surface area contributed by atoms with Crippen LogP contribution in [0.5, 0.6) is 0 Å². The van der Waals surface area contributed by atoms with Gasteiger partial charge in [-0.1, -0.05) is 0 Å². The lowest BCUT2D eigenvalue weighted by Crippen LogP contribution is -2.24. The van der Waals surface area contributed by atoms with Gasteiger partial charge in [-0.15, -0.1) is 11.3 Å². The van der Waals surface area contributed by atoms with Gasteiger partial charge in [0.15, 0.2) is 0 Å². The van der Waals surface area contributed by atoms with Gasteiger partial charge in [0.2, 0.25) is 5.91 Å². The Kier molecular flexibility index (Phi) is 4.76. The first-order chi connectivity index (χ1) is 11.1. The van der Waals surface area contributed by atoms with E-state index in [1.54, 1.807) is 12.5 Å². The number of hydrogen-bond donors (Lipinski definition) is 2. The summed E-state index contributed by atoms with van der Waals surface area (Å²) in [6.07, 6.45) is 8.20. The Hall–Kier alpha value is -2.15. The van der Waals surface area contributed by atoms with Crippen molar-refractivity contribution in [1.29, 1.82) is 0 Å². The molecule has 0 unspecified atom stereocenters. The molecule has 0 spiro atoms. The number of nitrogens with one attached hydrogen (secondary N) is 2. The van der Waals surface area contributed by atoms with Crippen molar-refractivity contribution in [2.45, 2.75) is 32.7 Å². The molecule has 2 N–H and O–H groups in total. The second-order valence-electron chi connectivity index (χ2n) is 5.80. The summed E-state index contributed by atoms with van der Waals surface area (Å²) in [5, 5.41) is 6.58. The van der Waals surface area contributed by atoms with Crippen LogP contribution in [0.2, 0.25) is 0 Å². The third kappa shape index (κ3) is 4.19. The molecule has 122 valence electrons. The molecule has 2 aromatic heterocycles. The van der Waals surface area contributed by atoms with Crippen molar-refractivity contribution in [1.82, 2.24) is 14.9 Å². The molecular formula is C16H20N4O2S. The third-order valence-electron chi connectivity index (χ3n) is 3.76. The lowest BCUT2D eigenvalue weighted by Gasteiger charge is -2.05. The number of rotatable bonds is 7. The van der Waals surface area contributed by atoms with E-state index < -0.39 is 0 Å². The maximum Gasteiger partial charge on any atom is 0.261 e. The summed E-state index contributed by atoms with van der Waals surface area (Å²) in [6, 6.07) is 1.87. The van der Waals surface area contributed by atoms with Crippen LogP contribution in [0, 0.1) is 12.8 Å². The maximum absolute atomic E-state index is 12.2. The fraction of sp³-hybridized carbons (Fsp3) is 0.438. The van der Waals surface area contributed by atoms with Gasteiger partial charge >= 0.3 is 0 Å². The van der Waals surface area contributed by atoms with Gasteiger partial charge in [0.25, 0.3) is 5.91 Å². The highest BCUT2D eigenvalue weighted by Gasteiger charge is 2.30. The second kappa shape index (κ2) is 6.95. The van der Waals surface area contributed by atoms with Crippen molar-refractivity contribution in [3.63, 3.8) is 0 Å². The van der Waals surface area contributed by atoms with Crippen LogP contribution < -0.4 is 10.6 Å². The normalized spacial score (nSPS) is 13.8. The highest BCUT2D eigenvalue weighted by molar-refractivity contribution is 7.18. The fourth-order valence-corrected chi connectivity index (χ4v) is 3.29. The Morgan fingerprint density at radius 3 is 2.96 bits per heavy atom. The summed E-state index contributed by atoms with van der Waals surface area (Å²) >= 11 is 1.34. The molecule has 6 nitrogen and oxygen atoms in total. The fourth-order valence-electron chi connectivity index (χ4n) is 2.30. The van der Waals surface area contributed by atoms with Crippen LogP contribution in [0.4, 0.5) is 5.00 Å². The number of imidazole rings is 1. The molecule has 0 atom stereocenters. The molecule has 1 saturated carbocycles. The number of hydrogen-bond acceptors (Lipinski definition) is 4. The topological polar surface area (TPSA) is 76.0 Å². The molecule has 1 fully saturated rings. The van der Waals surface area contributed by atoms with E-state index in [2.05, 4.69) is 15.6 Å². The lowest BCUT2D eigenvalue weighted by molar-refractivity contribution is -0.117. The summed E-state index contributed by atoms with van der Waals surface area (Å²) in [4.78, 5) is 28.7. The predicted molar refractivity (Wildman–Crippen MR) is 89.6 cm³/mol. The Morgan fingerprint density at radius 2 is 2.26 bits per heavy atom. The van der Waals surface area contributed by atoms with Crippen molar-refractivity contribution >= 4 is 28.2 Å². The molecule has 7 heteroatoms. The van der Waals surface area contributed by atoms with Gasteiger partial charge in [0, 0.05) is 31.4 Å². The van der Waals surface area contributed by atoms with Gasteiger partial charge in [-0.3, -0.25) is 9.59 Å². The van der Waals surface area contributed by atoms with Gasteiger partial charge in [0.1, 0.15) is 0 Å². The van der Waals surface area contributed by atoms with Crippen LogP contribution in [-0.2, 0) is 11.3 Å². The van der Waals surface area contributed by atoms with E-state index in [1.807, 2.05) is 23.8 Å². The summed E-state index contributed by atoms with van der Waals surface area (Å²) in [5.41, 5.74) is 0.896. The molecule has 0 radical (unpaired) electrons. The summed E-state index contributed by atoms with van der Waals surface area (Å²) in [6.45, 7) is 3.33. The van der Waals surface area contributed by atoms with Gasteiger partial charge in [-0.2, -0.15) is 0 Å². The SMILES string of the molecule is Cc1cc(NC(=O)C2CC2)sc1C(=O)NCCCn1ccnc1. The minimum absolute atomic E-state index is 0.0681. The van der Waals surface area contributed by atoms with E-state index in [-0.39, 0.29) is 17.7 Å².